The smallest absolute Gasteiger partial charge is 0.300 e. The number of carboxylic acid groups (broad SMARTS) is 1. The van der Waals surface area contributed by atoms with E-state index in [1.165, 1.54) is 0 Å². The fraction of sp³-hybridized carbons (Fsp3) is 0.321. The van der Waals surface area contributed by atoms with E-state index in [0.717, 1.165) is 48.1 Å². The van der Waals surface area contributed by atoms with Crippen LogP contribution >= 0.6 is 0 Å². The largest absolute Gasteiger partial charge is 0.481 e. The van der Waals surface area contributed by atoms with Gasteiger partial charge in [-0.05, 0) is 30.2 Å². The summed E-state index contributed by atoms with van der Waals surface area (Å²) in [7, 11) is 1.84. The monoisotopic (exact) mass is 540 g/mol. The zero-order valence-electron chi connectivity index (χ0n) is 22.9. The maximum absolute atomic E-state index is 9.50. The molecule has 1 saturated heterocycles. The highest BCUT2D eigenvalue weighted by Gasteiger charge is 2.32. The highest BCUT2D eigenvalue weighted by molar-refractivity contribution is 5.91. The Morgan fingerprint density at radius 3 is 2.52 bits per heavy atom. The number of aromatic nitrogens is 5. The maximum atomic E-state index is 9.50. The van der Waals surface area contributed by atoms with Crippen molar-refractivity contribution in [1.82, 2.24) is 35.2 Å². The number of aryl methyl sites for hydroxylation is 1. The van der Waals surface area contributed by atoms with E-state index in [1.54, 1.807) is 10.9 Å². The molecule has 0 aliphatic carbocycles. The van der Waals surface area contributed by atoms with Crippen LogP contribution in [0, 0.1) is 17.4 Å². The summed E-state index contributed by atoms with van der Waals surface area (Å²) >= 11 is 0. The van der Waals surface area contributed by atoms with E-state index in [2.05, 4.69) is 55.4 Å². The maximum Gasteiger partial charge on any atom is 0.300 e. The van der Waals surface area contributed by atoms with E-state index in [1.807, 2.05) is 61.6 Å². The van der Waals surface area contributed by atoms with Crippen molar-refractivity contribution in [3.05, 3.63) is 60.8 Å². The van der Waals surface area contributed by atoms with E-state index in [9.17, 15) is 5.26 Å². The van der Waals surface area contributed by atoms with Crippen molar-refractivity contribution in [3.63, 3.8) is 0 Å². The predicted molar refractivity (Wildman–Crippen MR) is 153 cm³/mol. The van der Waals surface area contributed by atoms with Crippen molar-refractivity contribution < 1.29 is 9.90 Å². The van der Waals surface area contributed by atoms with Gasteiger partial charge in [-0.2, -0.15) is 15.4 Å². The van der Waals surface area contributed by atoms with Gasteiger partial charge in [-0.3, -0.25) is 10.1 Å². The number of hydrogen-bond donors (Lipinski definition) is 2. The Labute approximate surface area is 232 Å². The average Bonchev–Trinajstić information content (AvgIpc) is 3.27. The number of aliphatic carboxylic acids is 1. The molecule has 12 heteroatoms. The van der Waals surface area contributed by atoms with Crippen LogP contribution in [0.5, 0.6) is 0 Å². The van der Waals surface area contributed by atoms with E-state index in [4.69, 9.17) is 14.9 Å². The quantitative estimate of drug-likeness (QED) is 0.171. The number of benzene rings is 1. The molecule has 0 spiro atoms. The number of aliphatic imine (C=N–C) groups is 1. The van der Waals surface area contributed by atoms with Gasteiger partial charge in [0.2, 0.25) is 5.96 Å². The molecule has 1 aromatic carbocycles. The highest BCUT2D eigenvalue weighted by atomic mass is 16.4. The molecule has 4 aromatic rings. The minimum absolute atomic E-state index is 0.0991. The fourth-order valence-electron chi connectivity index (χ4n) is 4.58. The second-order valence-corrected chi connectivity index (χ2v) is 9.61. The van der Waals surface area contributed by atoms with Crippen molar-refractivity contribution >= 4 is 34.6 Å². The first-order valence-corrected chi connectivity index (χ1v) is 12.9. The van der Waals surface area contributed by atoms with Crippen molar-refractivity contribution in [3.8, 4) is 17.5 Å². The van der Waals surface area contributed by atoms with Crippen molar-refractivity contribution in [2.45, 2.75) is 26.8 Å². The molecule has 4 heterocycles. The summed E-state index contributed by atoms with van der Waals surface area (Å²) in [5.41, 5.74) is 2.64. The summed E-state index contributed by atoms with van der Waals surface area (Å²) in [6, 6.07) is 18.0. The van der Waals surface area contributed by atoms with Gasteiger partial charge in [-0.1, -0.05) is 44.2 Å². The minimum Gasteiger partial charge on any atom is -0.481 e. The summed E-state index contributed by atoms with van der Waals surface area (Å²) in [6.07, 6.45) is 3.79. The molecule has 1 atom stereocenters. The zero-order valence-corrected chi connectivity index (χ0v) is 22.9. The molecule has 0 bridgehead atoms. The molecule has 1 aliphatic heterocycles. The lowest BCUT2D eigenvalue weighted by Gasteiger charge is -2.44. The van der Waals surface area contributed by atoms with Gasteiger partial charge in [-0.25, -0.2) is 9.67 Å². The molecule has 206 valence electrons. The van der Waals surface area contributed by atoms with Crippen molar-refractivity contribution in [2.75, 3.05) is 24.5 Å². The Balaban J connectivity index is 0.000000867. The van der Waals surface area contributed by atoms with Crippen molar-refractivity contribution in [2.24, 2.45) is 18.0 Å². The number of anilines is 1. The van der Waals surface area contributed by atoms with Gasteiger partial charge in [0.15, 0.2) is 23.5 Å². The van der Waals surface area contributed by atoms with Gasteiger partial charge in [0.05, 0.1) is 17.1 Å². The Morgan fingerprint density at radius 2 is 1.88 bits per heavy atom. The summed E-state index contributed by atoms with van der Waals surface area (Å²) < 4.78 is 1.70. The number of hydrogen-bond acceptors (Lipinski definition) is 8. The number of rotatable bonds is 4. The molecule has 0 saturated carbocycles. The SMILES string of the molecule is CC(=O)O.CC(C)C1CN(c2ccc(-c3ccccc3)nn2)CCN1C(=Nc1nn(C)c2ncccc12)NC#N. The van der Waals surface area contributed by atoms with Gasteiger partial charge in [0.1, 0.15) is 0 Å². The molecule has 3 aromatic heterocycles. The van der Waals surface area contributed by atoms with Crippen LogP contribution in [-0.2, 0) is 11.8 Å². The third kappa shape index (κ3) is 6.50. The van der Waals surface area contributed by atoms with Gasteiger partial charge >= 0.3 is 0 Å². The van der Waals surface area contributed by atoms with Crippen LogP contribution in [0.25, 0.3) is 22.3 Å². The number of pyridine rings is 1. The standard InChI is InChI=1S/C26H28N10.C2H4O2/c1-18(2)22-16-35(23-12-11-21(31-32-23)19-8-5-4-6-9-19)14-15-36(22)26(29-17-27)30-24-20-10-7-13-28-25(20)34(3)33-24;1-2(3)4/h4-13,18,22H,14-16H2,1-3H3,(H,29,30,33);1H3,(H,3,4). The number of guanidine groups is 1. The topological polar surface area (TPSA) is 148 Å². The number of fused-ring (bicyclic) bond motifs is 1. The zero-order chi connectivity index (χ0) is 28.6. The number of nitrogens with one attached hydrogen (secondary N) is 1. The van der Waals surface area contributed by atoms with Crippen LogP contribution in [0.1, 0.15) is 20.8 Å². The number of nitrogens with zero attached hydrogens (tertiary/aromatic N) is 9. The molecule has 0 radical (unpaired) electrons. The number of nitriles is 1. The second-order valence-electron chi connectivity index (χ2n) is 9.61. The van der Waals surface area contributed by atoms with Crippen molar-refractivity contribution in [1.29, 1.82) is 5.26 Å². The number of carboxylic acids is 1. The Kier molecular flexibility index (Phi) is 8.86. The van der Waals surface area contributed by atoms with Crippen LogP contribution in [-0.4, -0.2) is 72.6 Å². The van der Waals surface area contributed by atoms with Gasteiger partial charge in [0, 0.05) is 45.4 Å². The molecule has 5 rings (SSSR count). The van der Waals surface area contributed by atoms with Crippen LogP contribution in [0.3, 0.4) is 0 Å². The molecule has 1 fully saturated rings. The Bertz CT molecular complexity index is 1510. The fourth-order valence-corrected chi connectivity index (χ4v) is 4.58. The first-order chi connectivity index (χ1) is 19.3. The first-order valence-electron chi connectivity index (χ1n) is 12.9. The molecule has 2 N–H and O–H groups in total. The summed E-state index contributed by atoms with van der Waals surface area (Å²) in [6.45, 7) is 7.55. The first kappa shape index (κ1) is 28.0. The average molecular weight is 541 g/mol. The third-order valence-corrected chi connectivity index (χ3v) is 6.46. The summed E-state index contributed by atoms with van der Waals surface area (Å²) in [5, 5.41) is 34.1. The molecule has 40 heavy (non-hydrogen) atoms. The number of piperazine rings is 1. The predicted octanol–water partition coefficient (Wildman–Crippen LogP) is 3.42. The van der Waals surface area contributed by atoms with Crippen LogP contribution in [0.2, 0.25) is 0 Å². The van der Waals surface area contributed by atoms with Crippen LogP contribution in [0.4, 0.5) is 11.6 Å². The van der Waals surface area contributed by atoms with Gasteiger partial charge in [-0.15, -0.1) is 10.2 Å². The van der Waals surface area contributed by atoms with Gasteiger partial charge < -0.3 is 14.9 Å². The van der Waals surface area contributed by atoms with Gasteiger partial charge in [0.25, 0.3) is 5.97 Å². The lowest BCUT2D eigenvalue weighted by molar-refractivity contribution is -0.134. The lowest BCUT2D eigenvalue weighted by Crippen LogP contribution is -2.59. The van der Waals surface area contributed by atoms with E-state index in [-0.39, 0.29) is 6.04 Å². The summed E-state index contributed by atoms with van der Waals surface area (Å²) in [4.78, 5) is 22.6. The second kappa shape index (κ2) is 12.7. The summed E-state index contributed by atoms with van der Waals surface area (Å²) in [5.74, 6) is 1.33. The highest BCUT2D eigenvalue weighted by Crippen LogP contribution is 2.26. The lowest BCUT2D eigenvalue weighted by atomic mass is 9.99. The van der Waals surface area contributed by atoms with E-state index >= 15 is 0 Å². The van der Waals surface area contributed by atoms with E-state index in [0.29, 0.717) is 24.2 Å². The Hall–Kier alpha value is -5.05. The minimum atomic E-state index is -0.833. The molecule has 1 aliphatic rings. The van der Waals surface area contributed by atoms with Crippen LogP contribution < -0.4 is 10.2 Å². The van der Waals surface area contributed by atoms with E-state index < -0.39 is 5.97 Å². The normalized spacial score (nSPS) is 15.4. The van der Waals surface area contributed by atoms with Crippen LogP contribution in [0.15, 0.2) is 65.8 Å². The number of carbonyl (C=O) groups is 1. The molecular weight excluding hydrogens is 508 g/mol. The molecule has 12 nitrogen and oxygen atoms in total. The molecular formula is C28H32N10O2. The molecule has 1 unspecified atom stereocenters. The third-order valence-electron chi connectivity index (χ3n) is 6.46. The molecule has 0 amide bonds. The Morgan fingerprint density at radius 1 is 1.12 bits per heavy atom.